The molecule has 1 aliphatic heterocycles. The average molecular weight is 397 g/mol. The summed E-state index contributed by atoms with van der Waals surface area (Å²) in [4.78, 5) is 2.37. The van der Waals surface area contributed by atoms with Crippen molar-refractivity contribution in [3.63, 3.8) is 0 Å². The zero-order chi connectivity index (χ0) is 17.1. The quantitative estimate of drug-likeness (QED) is 0.793. The van der Waals surface area contributed by atoms with Crippen LogP contribution >= 0.6 is 35.6 Å². The van der Waals surface area contributed by atoms with E-state index in [1.54, 1.807) is 6.07 Å². The maximum atomic E-state index is 8.99. The smallest absolute Gasteiger partial charge is 0.0991 e. The first-order valence-corrected chi connectivity index (χ1v) is 8.75. The van der Waals surface area contributed by atoms with Gasteiger partial charge in [-0.1, -0.05) is 29.3 Å². The van der Waals surface area contributed by atoms with Gasteiger partial charge in [0.2, 0.25) is 0 Å². The van der Waals surface area contributed by atoms with Crippen LogP contribution < -0.4 is 10.2 Å². The Morgan fingerprint density at radius 2 is 2.04 bits per heavy atom. The van der Waals surface area contributed by atoms with E-state index in [2.05, 4.69) is 23.2 Å². The summed E-state index contributed by atoms with van der Waals surface area (Å²) in [5.41, 5.74) is 4.13. The van der Waals surface area contributed by atoms with E-state index in [-0.39, 0.29) is 12.4 Å². The molecule has 3 nitrogen and oxygen atoms in total. The first kappa shape index (κ1) is 19.9. The monoisotopic (exact) mass is 395 g/mol. The summed E-state index contributed by atoms with van der Waals surface area (Å²) in [6, 6.07) is 14.1. The third-order valence-corrected chi connectivity index (χ3v) is 5.04. The fourth-order valence-electron chi connectivity index (χ4n) is 3.14. The lowest BCUT2D eigenvalue weighted by Gasteiger charge is -2.21. The van der Waals surface area contributed by atoms with Gasteiger partial charge in [0.05, 0.1) is 11.6 Å². The van der Waals surface area contributed by atoms with Crippen LogP contribution in [0.25, 0.3) is 0 Å². The van der Waals surface area contributed by atoms with Crippen LogP contribution in [0, 0.1) is 18.3 Å². The maximum Gasteiger partial charge on any atom is 0.0991 e. The molecule has 1 atom stereocenters. The highest BCUT2D eigenvalue weighted by molar-refractivity contribution is 6.35. The zero-order valence-corrected chi connectivity index (χ0v) is 16.3. The molecular formula is C19H20Cl3N3. The van der Waals surface area contributed by atoms with Gasteiger partial charge in [0.25, 0.3) is 0 Å². The van der Waals surface area contributed by atoms with E-state index in [4.69, 9.17) is 28.5 Å². The number of halogens is 3. The molecule has 0 bridgehead atoms. The van der Waals surface area contributed by atoms with E-state index in [0.29, 0.717) is 21.7 Å². The van der Waals surface area contributed by atoms with Gasteiger partial charge < -0.3 is 10.2 Å². The molecule has 0 saturated carbocycles. The molecule has 132 valence electrons. The van der Waals surface area contributed by atoms with Gasteiger partial charge in [-0.2, -0.15) is 5.26 Å². The molecule has 0 aromatic heterocycles. The van der Waals surface area contributed by atoms with E-state index >= 15 is 0 Å². The predicted molar refractivity (Wildman–Crippen MR) is 107 cm³/mol. The number of nitrogens with zero attached hydrogens (tertiary/aromatic N) is 2. The van der Waals surface area contributed by atoms with Crippen molar-refractivity contribution >= 4 is 41.3 Å². The Morgan fingerprint density at radius 1 is 1.24 bits per heavy atom. The van der Waals surface area contributed by atoms with Gasteiger partial charge in [0, 0.05) is 41.4 Å². The summed E-state index contributed by atoms with van der Waals surface area (Å²) in [7, 11) is 0. The molecule has 6 heteroatoms. The molecular weight excluding hydrogens is 377 g/mol. The molecule has 0 spiro atoms. The number of nitriles is 1. The van der Waals surface area contributed by atoms with Gasteiger partial charge in [-0.3, -0.25) is 0 Å². The minimum absolute atomic E-state index is 0. The molecule has 1 aliphatic rings. The third kappa shape index (κ3) is 4.80. The maximum absolute atomic E-state index is 8.99. The summed E-state index contributed by atoms with van der Waals surface area (Å²) in [6.07, 6.45) is 1.09. The van der Waals surface area contributed by atoms with Gasteiger partial charge >= 0.3 is 0 Å². The average Bonchev–Trinajstić information content (AvgIpc) is 3.02. The lowest BCUT2D eigenvalue weighted by Crippen LogP contribution is -2.32. The van der Waals surface area contributed by atoms with Crippen molar-refractivity contribution in [3.8, 4) is 6.07 Å². The molecule has 1 fully saturated rings. The summed E-state index contributed by atoms with van der Waals surface area (Å²) in [5, 5.41) is 13.9. The van der Waals surface area contributed by atoms with E-state index < -0.39 is 0 Å². The fraction of sp³-hybridized carbons (Fsp3) is 0.316. The lowest BCUT2D eigenvalue weighted by atomic mass is 10.1. The minimum atomic E-state index is 0. The number of rotatable bonds is 4. The third-order valence-electron chi connectivity index (χ3n) is 4.45. The SMILES string of the molecule is Cc1cc(C#N)ccc1N1CCC(NCc2ccc(Cl)cc2Cl)C1.Cl. The van der Waals surface area contributed by atoms with Crippen molar-refractivity contribution in [3.05, 3.63) is 63.1 Å². The Bertz CT molecular complexity index is 786. The number of nitrogens with one attached hydrogen (secondary N) is 1. The summed E-state index contributed by atoms with van der Waals surface area (Å²) in [5.74, 6) is 0. The fourth-order valence-corrected chi connectivity index (χ4v) is 3.62. The van der Waals surface area contributed by atoms with Crippen LogP contribution in [0.3, 0.4) is 0 Å². The first-order valence-electron chi connectivity index (χ1n) is 8.00. The second-order valence-corrected chi connectivity index (χ2v) is 7.00. The Kier molecular flexibility index (Phi) is 6.98. The number of hydrogen-bond acceptors (Lipinski definition) is 3. The summed E-state index contributed by atoms with van der Waals surface area (Å²) in [6.45, 7) is 4.77. The highest BCUT2D eigenvalue weighted by atomic mass is 35.5. The topological polar surface area (TPSA) is 39.1 Å². The van der Waals surface area contributed by atoms with Crippen LogP contribution in [0.5, 0.6) is 0 Å². The van der Waals surface area contributed by atoms with Gasteiger partial charge in [-0.05, 0) is 54.8 Å². The number of hydrogen-bond donors (Lipinski definition) is 1. The standard InChI is InChI=1S/C19H19Cl2N3.ClH/c1-13-8-14(10-22)2-5-19(13)24-7-6-17(12-24)23-11-15-3-4-16(20)9-18(15)21;/h2-5,8-9,17,23H,6-7,11-12H2,1H3;1H. The Balaban J connectivity index is 0.00000225. The molecule has 1 saturated heterocycles. The molecule has 1 heterocycles. The normalized spacial score (nSPS) is 16.4. The number of benzene rings is 2. The van der Waals surface area contributed by atoms with Gasteiger partial charge in [0.15, 0.2) is 0 Å². The molecule has 25 heavy (non-hydrogen) atoms. The van der Waals surface area contributed by atoms with Gasteiger partial charge in [-0.25, -0.2) is 0 Å². The van der Waals surface area contributed by atoms with Crippen LogP contribution in [0.15, 0.2) is 36.4 Å². The second-order valence-electron chi connectivity index (χ2n) is 6.16. The Hall–Kier alpha value is -1.44. The molecule has 1 N–H and O–H groups in total. The van der Waals surface area contributed by atoms with E-state index in [1.165, 1.54) is 5.69 Å². The molecule has 3 rings (SSSR count). The highest BCUT2D eigenvalue weighted by Gasteiger charge is 2.23. The van der Waals surface area contributed by atoms with Crippen LogP contribution in [-0.4, -0.2) is 19.1 Å². The van der Waals surface area contributed by atoms with Crippen LogP contribution in [0.2, 0.25) is 10.0 Å². The molecule has 2 aromatic carbocycles. The number of aryl methyl sites for hydroxylation is 1. The van der Waals surface area contributed by atoms with E-state index in [0.717, 1.165) is 37.2 Å². The minimum Gasteiger partial charge on any atom is -0.370 e. The second kappa shape index (κ2) is 8.78. The van der Waals surface area contributed by atoms with Crippen LogP contribution in [0.1, 0.15) is 23.1 Å². The van der Waals surface area contributed by atoms with Crippen molar-refractivity contribution in [1.29, 1.82) is 5.26 Å². The molecule has 0 radical (unpaired) electrons. The Morgan fingerprint density at radius 3 is 2.72 bits per heavy atom. The van der Waals surface area contributed by atoms with Crippen molar-refractivity contribution < 1.29 is 0 Å². The molecule has 0 amide bonds. The van der Waals surface area contributed by atoms with E-state index in [9.17, 15) is 0 Å². The largest absolute Gasteiger partial charge is 0.370 e. The van der Waals surface area contributed by atoms with Crippen molar-refractivity contribution in [1.82, 2.24) is 5.32 Å². The zero-order valence-electron chi connectivity index (χ0n) is 13.9. The molecule has 1 unspecified atom stereocenters. The number of anilines is 1. The Labute approximate surface area is 164 Å². The highest BCUT2D eigenvalue weighted by Crippen LogP contribution is 2.26. The van der Waals surface area contributed by atoms with Crippen molar-refractivity contribution in [2.45, 2.75) is 25.9 Å². The van der Waals surface area contributed by atoms with Gasteiger partial charge in [-0.15, -0.1) is 12.4 Å². The van der Waals surface area contributed by atoms with Gasteiger partial charge in [0.1, 0.15) is 0 Å². The van der Waals surface area contributed by atoms with Crippen molar-refractivity contribution in [2.24, 2.45) is 0 Å². The van der Waals surface area contributed by atoms with Crippen LogP contribution in [0.4, 0.5) is 5.69 Å². The van der Waals surface area contributed by atoms with E-state index in [1.807, 2.05) is 30.3 Å². The van der Waals surface area contributed by atoms with Crippen LogP contribution in [-0.2, 0) is 6.54 Å². The first-order chi connectivity index (χ1) is 11.6. The molecule has 0 aliphatic carbocycles. The summed E-state index contributed by atoms with van der Waals surface area (Å²) < 4.78 is 0. The molecule has 2 aromatic rings. The predicted octanol–water partition coefficient (Wildman–Crippen LogP) is 4.96. The summed E-state index contributed by atoms with van der Waals surface area (Å²) >= 11 is 12.2. The lowest BCUT2D eigenvalue weighted by molar-refractivity contribution is 0.551. The van der Waals surface area contributed by atoms with Crippen molar-refractivity contribution in [2.75, 3.05) is 18.0 Å².